The molecule has 0 rings (SSSR count). The van der Waals surface area contributed by atoms with Gasteiger partial charge in [0.05, 0.1) is 0 Å². The number of hydrogen-bond acceptors (Lipinski definition) is 2. The van der Waals surface area contributed by atoms with Crippen LogP contribution in [0, 0.1) is 17.3 Å². The van der Waals surface area contributed by atoms with E-state index in [1.165, 1.54) is 0 Å². The summed E-state index contributed by atoms with van der Waals surface area (Å²) in [7, 11) is 0. The Morgan fingerprint density at radius 3 is 1.71 bits per heavy atom. The first-order valence-electron chi connectivity index (χ1n) is 7.87. The summed E-state index contributed by atoms with van der Waals surface area (Å²) in [6.07, 6.45) is -13.3. The van der Waals surface area contributed by atoms with E-state index in [4.69, 9.17) is 0 Å². The van der Waals surface area contributed by atoms with Crippen LogP contribution in [0.3, 0.4) is 0 Å². The van der Waals surface area contributed by atoms with E-state index in [-0.39, 0.29) is 12.3 Å². The minimum absolute atomic E-state index is 0.0139. The molecule has 1 N–H and O–H groups in total. The summed E-state index contributed by atoms with van der Waals surface area (Å²) in [4.78, 5) is 12.2. The highest BCUT2D eigenvalue weighted by atomic mass is 19.4. The van der Waals surface area contributed by atoms with E-state index in [1.54, 1.807) is 34.6 Å². The highest BCUT2D eigenvalue weighted by molar-refractivity contribution is 5.84. The number of halogens is 6. The predicted octanol–water partition coefficient (Wildman–Crippen LogP) is 5.29. The third-order valence-corrected chi connectivity index (χ3v) is 4.44. The van der Waals surface area contributed by atoms with Crippen LogP contribution in [0.15, 0.2) is 0 Å². The largest absolute Gasteiger partial charge is 0.426 e. The molecular formula is C16H26F6O2. The third-order valence-electron chi connectivity index (χ3n) is 4.44. The minimum atomic E-state index is -5.86. The minimum Gasteiger partial charge on any atom is -0.374 e. The molecule has 0 spiro atoms. The number of ketones is 1. The van der Waals surface area contributed by atoms with Crippen molar-refractivity contribution >= 4 is 5.78 Å². The first-order valence-corrected chi connectivity index (χ1v) is 7.87. The fraction of sp³-hybridized carbons (Fsp3) is 0.938. The molecular weight excluding hydrogens is 338 g/mol. The Hall–Kier alpha value is -0.790. The maximum atomic E-state index is 12.9. The topological polar surface area (TPSA) is 37.3 Å². The van der Waals surface area contributed by atoms with Gasteiger partial charge in [0.25, 0.3) is 5.60 Å². The Morgan fingerprint density at radius 2 is 1.42 bits per heavy atom. The summed E-state index contributed by atoms with van der Waals surface area (Å²) >= 11 is 0. The van der Waals surface area contributed by atoms with Gasteiger partial charge in [0.15, 0.2) is 0 Å². The van der Waals surface area contributed by atoms with Crippen LogP contribution in [-0.2, 0) is 4.79 Å². The van der Waals surface area contributed by atoms with Crippen molar-refractivity contribution in [2.75, 3.05) is 0 Å². The lowest BCUT2D eigenvalue weighted by atomic mass is 9.76. The maximum Gasteiger partial charge on any atom is 0.426 e. The molecule has 0 aliphatic rings. The lowest BCUT2D eigenvalue weighted by molar-refractivity contribution is -0.372. The number of aliphatic hydroxyl groups is 1. The van der Waals surface area contributed by atoms with Gasteiger partial charge in [0.1, 0.15) is 5.78 Å². The molecule has 2 nitrogen and oxygen atoms in total. The molecule has 0 saturated heterocycles. The van der Waals surface area contributed by atoms with Gasteiger partial charge in [-0.05, 0) is 31.1 Å². The van der Waals surface area contributed by atoms with Crippen LogP contribution in [0.25, 0.3) is 0 Å². The van der Waals surface area contributed by atoms with Crippen LogP contribution in [0.1, 0.15) is 60.3 Å². The normalized spacial score (nSPS) is 15.7. The van der Waals surface area contributed by atoms with Gasteiger partial charge in [-0.1, -0.05) is 34.6 Å². The Balaban J connectivity index is 5.58. The van der Waals surface area contributed by atoms with E-state index >= 15 is 0 Å². The standard InChI is InChI=1S/C16H26F6O2/c1-6-13(4,5)12(23)8-11(7-10(2)3)9-14(24,15(17,18)19)16(20,21)22/h10-11,24H,6-9H2,1-5H3. The molecule has 144 valence electrons. The van der Waals surface area contributed by atoms with Crippen molar-refractivity contribution in [1.29, 1.82) is 0 Å². The van der Waals surface area contributed by atoms with Crippen LogP contribution in [0.2, 0.25) is 0 Å². The molecule has 0 bridgehead atoms. The molecule has 8 heteroatoms. The third kappa shape index (κ3) is 5.63. The smallest absolute Gasteiger partial charge is 0.374 e. The Morgan fingerprint density at radius 1 is 1.00 bits per heavy atom. The summed E-state index contributed by atoms with van der Waals surface area (Å²) in [6.45, 7) is 8.20. The van der Waals surface area contributed by atoms with Crippen molar-refractivity contribution in [3.63, 3.8) is 0 Å². The number of rotatable bonds is 8. The van der Waals surface area contributed by atoms with Gasteiger partial charge in [-0.15, -0.1) is 0 Å². The lowest BCUT2D eigenvalue weighted by Crippen LogP contribution is -2.58. The number of Topliss-reactive ketones (excluding diaryl/α,β-unsaturated/α-hetero) is 1. The molecule has 1 unspecified atom stereocenters. The molecule has 0 saturated carbocycles. The molecule has 0 aromatic carbocycles. The van der Waals surface area contributed by atoms with E-state index in [9.17, 15) is 36.2 Å². The molecule has 24 heavy (non-hydrogen) atoms. The van der Waals surface area contributed by atoms with Gasteiger partial charge in [0.2, 0.25) is 0 Å². The second-order valence-corrected chi connectivity index (χ2v) is 7.42. The Labute approximate surface area is 138 Å². The second kappa shape index (κ2) is 7.62. The van der Waals surface area contributed by atoms with Gasteiger partial charge >= 0.3 is 12.4 Å². The quantitative estimate of drug-likeness (QED) is 0.594. The van der Waals surface area contributed by atoms with Gasteiger partial charge in [-0.25, -0.2) is 0 Å². The highest BCUT2D eigenvalue weighted by Crippen LogP contribution is 2.48. The zero-order valence-electron chi connectivity index (χ0n) is 14.6. The summed E-state index contributed by atoms with van der Waals surface area (Å²) in [5.41, 5.74) is -5.64. The van der Waals surface area contributed by atoms with Crippen LogP contribution >= 0.6 is 0 Å². The second-order valence-electron chi connectivity index (χ2n) is 7.42. The molecule has 0 amide bonds. The van der Waals surface area contributed by atoms with Crippen molar-refractivity contribution < 1.29 is 36.2 Å². The van der Waals surface area contributed by atoms with E-state index in [1.807, 2.05) is 0 Å². The number of carbonyl (C=O) groups is 1. The van der Waals surface area contributed by atoms with Gasteiger partial charge < -0.3 is 5.11 Å². The van der Waals surface area contributed by atoms with Crippen LogP contribution in [0.4, 0.5) is 26.3 Å². The lowest BCUT2D eigenvalue weighted by Gasteiger charge is -2.36. The van der Waals surface area contributed by atoms with E-state index in [0.29, 0.717) is 6.42 Å². The summed E-state index contributed by atoms with van der Waals surface area (Å²) in [5, 5.41) is 9.38. The van der Waals surface area contributed by atoms with E-state index < -0.39 is 47.9 Å². The summed E-state index contributed by atoms with van der Waals surface area (Å²) < 4.78 is 77.3. The highest BCUT2D eigenvalue weighted by Gasteiger charge is 2.70. The number of carbonyl (C=O) groups excluding carboxylic acids is 1. The summed E-state index contributed by atoms with van der Waals surface area (Å²) in [5.74, 6) is -1.82. The zero-order chi connectivity index (χ0) is 19.6. The predicted molar refractivity (Wildman–Crippen MR) is 78.3 cm³/mol. The van der Waals surface area contributed by atoms with Crippen molar-refractivity contribution in [3.8, 4) is 0 Å². The van der Waals surface area contributed by atoms with Crippen molar-refractivity contribution in [2.45, 2.75) is 78.3 Å². The molecule has 0 aliphatic carbocycles. The fourth-order valence-corrected chi connectivity index (χ4v) is 2.45. The molecule has 0 heterocycles. The molecule has 0 radical (unpaired) electrons. The monoisotopic (exact) mass is 364 g/mol. The Bertz CT molecular complexity index is 409. The molecule has 0 aromatic rings. The first kappa shape index (κ1) is 23.2. The van der Waals surface area contributed by atoms with E-state index in [0.717, 1.165) is 0 Å². The molecule has 0 aliphatic heterocycles. The van der Waals surface area contributed by atoms with E-state index in [2.05, 4.69) is 0 Å². The van der Waals surface area contributed by atoms with Crippen LogP contribution in [0.5, 0.6) is 0 Å². The van der Waals surface area contributed by atoms with Gasteiger partial charge in [-0.3, -0.25) is 4.79 Å². The summed E-state index contributed by atoms with van der Waals surface area (Å²) in [6, 6.07) is 0. The van der Waals surface area contributed by atoms with Crippen molar-refractivity contribution in [2.24, 2.45) is 17.3 Å². The zero-order valence-corrected chi connectivity index (χ0v) is 14.6. The Kier molecular flexibility index (Phi) is 7.37. The van der Waals surface area contributed by atoms with Crippen LogP contribution in [-0.4, -0.2) is 28.8 Å². The molecule has 0 aromatic heterocycles. The van der Waals surface area contributed by atoms with Gasteiger partial charge in [0, 0.05) is 11.8 Å². The molecule has 1 atom stereocenters. The van der Waals surface area contributed by atoms with Gasteiger partial charge in [-0.2, -0.15) is 26.3 Å². The maximum absolute atomic E-state index is 12.9. The average molecular weight is 364 g/mol. The fourth-order valence-electron chi connectivity index (χ4n) is 2.45. The van der Waals surface area contributed by atoms with Crippen molar-refractivity contribution in [1.82, 2.24) is 0 Å². The molecule has 0 fully saturated rings. The number of alkyl halides is 6. The van der Waals surface area contributed by atoms with Crippen LogP contribution < -0.4 is 0 Å². The van der Waals surface area contributed by atoms with Crippen molar-refractivity contribution in [3.05, 3.63) is 0 Å². The first-order chi connectivity index (χ1) is 10.5. The number of hydrogen-bond donors (Lipinski definition) is 1. The SMILES string of the molecule is CCC(C)(C)C(=O)CC(CC(C)C)CC(O)(C(F)(F)F)C(F)(F)F. The average Bonchev–Trinajstić information content (AvgIpc) is 2.34.